The summed E-state index contributed by atoms with van der Waals surface area (Å²) >= 11 is 0. The minimum Gasteiger partial charge on any atom is -0.342 e. The van der Waals surface area contributed by atoms with Gasteiger partial charge in [-0.2, -0.15) is 0 Å². The molecular weight excluding hydrogens is 212 g/mol. The molecule has 1 aliphatic heterocycles. The summed E-state index contributed by atoms with van der Waals surface area (Å²) in [4.78, 5) is 13.9. The van der Waals surface area contributed by atoms with Gasteiger partial charge >= 0.3 is 0 Å². The normalized spacial score (nSPS) is 25.7. The van der Waals surface area contributed by atoms with Crippen molar-refractivity contribution in [2.75, 3.05) is 19.6 Å². The molecule has 2 rings (SSSR count). The monoisotopic (exact) mass is 230 g/mol. The van der Waals surface area contributed by atoms with Gasteiger partial charge < -0.3 is 10.6 Å². The van der Waals surface area contributed by atoms with E-state index in [0.717, 1.165) is 32.4 Å². The van der Waals surface area contributed by atoms with Crippen LogP contribution in [0.5, 0.6) is 0 Å². The van der Waals surface area contributed by atoms with E-state index in [-0.39, 0.29) is 18.3 Å². The quantitative estimate of drug-likeness (QED) is 0.725. The molecule has 1 aliphatic carbocycles. The van der Waals surface area contributed by atoms with Gasteiger partial charge in [-0.25, -0.2) is 0 Å². The Kier molecular flexibility index (Phi) is 4.61. The Morgan fingerprint density at radius 3 is 2.60 bits per heavy atom. The first kappa shape index (κ1) is 12.5. The summed E-state index contributed by atoms with van der Waals surface area (Å²) in [5, 5.41) is 0. The fourth-order valence-electron chi connectivity index (χ4n) is 2.30. The average molecular weight is 231 g/mol. The topological polar surface area (TPSA) is 46.3 Å². The Hall–Kier alpha value is -0.540. The highest BCUT2D eigenvalue weighted by Crippen LogP contribution is 2.24. The van der Waals surface area contributed by atoms with Gasteiger partial charge in [0.15, 0.2) is 0 Å². The molecule has 0 radical (unpaired) electrons. The molecule has 2 aliphatic rings. The van der Waals surface area contributed by atoms with Crippen molar-refractivity contribution in [2.45, 2.75) is 19.3 Å². The Bertz CT molecular complexity index is 247. The lowest BCUT2D eigenvalue weighted by atomic mass is 10.1. The van der Waals surface area contributed by atoms with E-state index in [2.05, 4.69) is 12.2 Å². The highest BCUT2D eigenvalue weighted by molar-refractivity contribution is 5.85. The fourth-order valence-corrected chi connectivity index (χ4v) is 2.30. The summed E-state index contributed by atoms with van der Waals surface area (Å²) in [6.07, 6.45) is 7.17. The highest BCUT2D eigenvalue weighted by Gasteiger charge is 2.30. The van der Waals surface area contributed by atoms with Gasteiger partial charge in [-0.3, -0.25) is 4.79 Å². The Balaban J connectivity index is 0.00000112. The van der Waals surface area contributed by atoms with E-state index in [9.17, 15) is 4.79 Å². The van der Waals surface area contributed by atoms with E-state index in [0.29, 0.717) is 18.4 Å². The molecule has 0 aromatic heterocycles. The summed E-state index contributed by atoms with van der Waals surface area (Å²) in [6.45, 7) is 2.51. The molecule has 1 atom stereocenters. The lowest BCUT2D eigenvalue weighted by Gasteiger charge is -2.20. The number of nitrogens with two attached hydrogens (primary N) is 1. The van der Waals surface area contributed by atoms with E-state index < -0.39 is 0 Å². The van der Waals surface area contributed by atoms with Gasteiger partial charge in [-0.1, -0.05) is 12.2 Å². The molecule has 0 saturated carbocycles. The van der Waals surface area contributed by atoms with E-state index in [1.54, 1.807) is 0 Å². The summed E-state index contributed by atoms with van der Waals surface area (Å²) in [7, 11) is 0. The molecule has 1 fully saturated rings. The lowest BCUT2D eigenvalue weighted by Crippen LogP contribution is -2.34. The second-order valence-corrected chi connectivity index (χ2v) is 4.31. The standard InChI is InChI=1S/C11H18N2O.ClH/c12-7-9-5-6-13(8-9)11(14)10-3-1-2-4-10;/h1-2,9-10H,3-8,12H2;1H. The van der Waals surface area contributed by atoms with Crippen molar-refractivity contribution in [1.82, 2.24) is 4.90 Å². The maximum Gasteiger partial charge on any atom is 0.226 e. The number of hydrogen-bond donors (Lipinski definition) is 1. The summed E-state index contributed by atoms with van der Waals surface area (Å²) in [5.41, 5.74) is 5.60. The zero-order valence-corrected chi connectivity index (χ0v) is 9.71. The van der Waals surface area contributed by atoms with Crippen LogP contribution in [0.1, 0.15) is 19.3 Å². The Morgan fingerprint density at radius 2 is 2.07 bits per heavy atom. The molecule has 0 spiro atoms. The molecule has 0 aromatic rings. The molecule has 15 heavy (non-hydrogen) atoms. The van der Waals surface area contributed by atoms with E-state index >= 15 is 0 Å². The van der Waals surface area contributed by atoms with Gasteiger partial charge in [0.25, 0.3) is 0 Å². The average Bonchev–Trinajstić information content (AvgIpc) is 2.88. The fraction of sp³-hybridized carbons (Fsp3) is 0.727. The van der Waals surface area contributed by atoms with Crippen LogP contribution >= 0.6 is 12.4 Å². The van der Waals surface area contributed by atoms with Crippen molar-refractivity contribution in [2.24, 2.45) is 17.6 Å². The van der Waals surface area contributed by atoms with Gasteiger partial charge in [0.05, 0.1) is 0 Å². The zero-order chi connectivity index (χ0) is 9.97. The third kappa shape index (κ3) is 2.73. The molecule has 2 N–H and O–H groups in total. The molecule has 86 valence electrons. The van der Waals surface area contributed by atoms with E-state index in [1.165, 1.54) is 0 Å². The first-order valence-corrected chi connectivity index (χ1v) is 5.45. The van der Waals surface area contributed by atoms with Crippen LogP contribution in [-0.2, 0) is 4.79 Å². The van der Waals surface area contributed by atoms with Crippen LogP contribution in [0, 0.1) is 11.8 Å². The van der Waals surface area contributed by atoms with Crippen LogP contribution in [0.15, 0.2) is 12.2 Å². The predicted octanol–water partition coefficient (Wildman–Crippen LogP) is 1.18. The smallest absolute Gasteiger partial charge is 0.226 e. The number of nitrogens with zero attached hydrogens (tertiary/aromatic N) is 1. The van der Waals surface area contributed by atoms with Crippen molar-refractivity contribution >= 4 is 18.3 Å². The number of amides is 1. The van der Waals surface area contributed by atoms with Crippen molar-refractivity contribution in [1.29, 1.82) is 0 Å². The number of allylic oxidation sites excluding steroid dienone is 2. The third-order valence-corrected chi connectivity index (χ3v) is 3.29. The zero-order valence-electron chi connectivity index (χ0n) is 8.89. The molecule has 0 aromatic carbocycles. The molecule has 3 nitrogen and oxygen atoms in total. The van der Waals surface area contributed by atoms with Crippen molar-refractivity contribution in [3.63, 3.8) is 0 Å². The first-order valence-electron chi connectivity index (χ1n) is 5.45. The third-order valence-electron chi connectivity index (χ3n) is 3.29. The van der Waals surface area contributed by atoms with Crippen LogP contribution in [0.4, 0.5) is 0 Å². The number of carbonyl (C=O) groups is 1. The van der Waals surface area contributed by atoms with Crippen molar-refractivity contribution < 1.29 is 4.79 Å². The van der Waals surface area contributed by atoms with Gasteiger partial charge in [-0.05, 0) is 31.7 Å². The second-order valence-electron chi connectivity index (χ2n) is 4.31. The summed E-state index contributed by atoms with van der Waals surface area (Å²) in [6, 6.07) is 0. The number of hydrogen-bond acceptors (Lipinski definition) is 2. The van der Waals surface area contributed by atoms with Gasteiger partial charge in [0.2, 0.25) is 5.91 Å². The molecule has 1 saturated heterocycles. The van der Waals surface area contributed by atoms with Crippen molar-refractivity contribution in [3.8, 4) is 0 Å². The molecule has 1 unspecified atom stereocenters. The second kappa shape index (κ2) is 5.52. The summed E-state index contributed by atoms with van der Waals surface area (Å²) in [5.74, 6) is 1.10. The molecular formula is C11H19ClN2O. The lowest BCUT2D eigenvalue weighted by molar-refractivity contribution is -0.134. The number of likely N-dealkylation sites (tertiary alicyclic amines) is 1. The predicted molar refractivity (Wildman–Crippen MR) is 62.9 cm³/mol. The number of rotatable bonds is 2. The van der Waals surface area contributed by atoms with Crippen LogP contribution in [0.2, 0.25) is 0 Å². The van der Waals surface area contributed by atoms with Crippen LogP contribution in [0.25, 0.3) is 0 Å². The van der Waals surface area contributed by atoms with Crippen LogP contribution < -0.4 is 5.73 Å². The maximum atomic E-state index is 12.0. The Morgan fingerprint density at radius 1 is 1.40 bits per heavy atom. The molecule has 4 heteroatoms. The Labute approximate surface area is 97.1 Å². The van der Waals surface area contributed by atoms with Gasteiger partial charge in [-0.15, -0.1) is 12.4 Å². The molecule has 0 bridgehead atoms. The van der Waals surface area contributed by atoms with E-state index in [1.807, 2.05) is 4.90 Å². The van der Waals surface area contributed by atoms with Crippen LogP contribution in [0.3, 0.4) is 0 Å². The van der Waals surface area contributed by atoms with E-state index in [4.69, 9.17) is 5.73 Å². The maximum absolute atomic E-state index is 12.0. The first-order chi connectivity index (χ1) is 6.81. The minimum atomic E-state index is 0. The summed E-state index contributed by atoms with van der Waals surface area (Å²) < 4.78 is 0. The number of halogens is 1. The molecule has 1 amide bonds. The minimum absolute atomic E-state index is 0. The SMILES string of the molecule is Cl.NCC1CCN(C(=O)C2CC=CC2)C1. The highest BCUT2D eigenvalue weighted by atomic mass is 35.5. The van der Waals surface area contributed by atoms with Crippen LogP contribution in [-0.4, -0.2) is 30.4 Å². The van der Waals surface area contributed by atoms with Gasteiger partial charge in [0.1, 0.15) is 0 Å². The molecule has 1 heterocycles. The van der Waals surface area contributed by atoms with Crippen molar-refractivity contribution in [3.05, 3.63) is 12.2 Å². The largest absolute Gasteiger partial charge is 0.342 e. The van der Waals surface area contributed by atoms with Gasteiger partial charge in [0, 0.05) is 19.0 Å². The number of carbonyl (C=O) groups excluding carboxylic acids is 1.